The summed E-state index contributed by atoms with van der Waals surface area (Å²) in [5.74, 6) is -1.13. The summed E-state index contributed by atoms with van der Waals surface area (Å²) < 4.78 is 6.42. The number of amides is 4. The van der Waals surface area contributed by atoms with Crippen LogP contribution >= 0.6 is 0 Å². The van der Waals surface area contributed by atoms with E-state index in [-0.39, 0.29) is 24.9 Å². The quantitative estimate of drug-likeness (QED) is 0.633. The van der Waals surface area contributed by atoms with Crippen molar-refractivity contribution in [2.45, 2.75) is 38.4 Å². The summed E-state index contributed by atoms with van der Waals surface area (Å²) in [5.41, 5.74) is 1.45. The van der Waals surface area contributed by atoms with Gasteiger partial charge in [0, 0.05) is 31.9 Å². The molecule has 0 unspecified atom stereocenters. The summed E-state index contributed by atoms with van der Waals surface area (Å²) in [5, 5.41) is 13.5. The van der Waals surface area contributed by atoms with Gasteiger partial charge in [-0.25, -0.2) is 9.48 Å². The minimum atomic E-state index is -0.683. The number of ether oxygens (including phenoxy) is 1. The van der Waals surface area contributed by atoms with Gasteiger partial charge in [0.2, 0.25) is 5.91 Å². The zero-order chi connectivity index (χ0) is 24.7. The molecule has 1 aromatic heterocycles. The molecule has 0 spiro atoms. The largest absolute Gasteiger partial charge is 0.468 e. The minimum Gasteiger partial charge on any atom is -0.468 e. The highest BCUT2D eigenvalue weighted by atomic mass is 16.5. The van der Waals surface area contributed by atoms with Gasteiger partial charge in [-0.05, 0) is 43.5 Å². The number of carbonyl (C=O) groups excluding carboxylic acids is 4. The number of nitrogens with one attached hydrogen (secondary N) is 2. The molecule has 0 saturated heterocycles. The SMILES string of the molecule is COC(=O)CN1Cc2cnnn2CCCC[C@@H](C(=O)N(C)C)NC(=O)Nc2ccc(cc2)C1=O. The molecule has 2 N–H and O–H groups in total. The van der Waals surface area contributed by atoms with Crippen molar-refractivity contribution < 1.29 is 23.9 Å². The third-order valence-corrected chi connectivity index (χ3v) is 5.43. The van der Waals surface area contributed by atoms with Crippen molar-refractivity contribution in [1.82, 2.24) is 30.1 Å². The van der Waals surface area contributed by atoms with E-state index < -0.39 is 18.0 Å². The maximum Gasteiger partial charge on any atom is 0.325 e. The van der Waals surface area contributed by atoms with Gasteiger partial charge < -0.3 is 25.2 Å². The number of urea groups is 1. The zero-order valence-corrected chi connectivity index (χ0v) is 19.5. The van der Waals surface area contributed by atoms with E-state index in [1.165, 1.54) is 16.9 Å². The second kappa shape index (κ2) is 11.3. The molecule has 2 aliphatic rings. The lowest BCUT2D eigenvalue weighted by molar-refractivity contribution is -0.141. The van der Waals surface area contributed by atoms with Crippen molar-refractivity contribution in [3.05, 3.63) is 41.7 Å². The smallest absolute Gasteiger partial charge is 0.325 e. The molecule has 1 aromatic carbocycles. The van der Waals surface area contributed by atoms with Crippen LogP contribution in [0.25, 0.3) is 0 Å². The summed E-state index contributed by atoms with van der Waals surface area (Å²) in [6, 6.07) is 5.06. The number of carbonyl (C=O) groups is 4. The number of rotatable bonds is 3. The van der Waals surface area contributed by atoms with Gasteiger partial charge in [0.05, 0.1) is 25.5 Å². The monoisotopic (exact) mass is 471 g/mol. The number of esters is 1. The highest BCUT2D eigenvalue weighted by Gasteiger charge is 2.24. The van der Waals surface area contributed by atoms with Crippen molar-refractivity contribution in [2.24, 2.45) is 0 Å². The summed E-state index contributed by atoms with van der Waals surface area (Å²) in [6.45, 7) is 0.374. The number of benzene rings is 1. The van der Waals surface area contributed by atoms with Gasteiger partial charge in [0.1, 0.15) is 12.6 Å². The topological polar surface area (TPSA) is 139 Å². The molecular formula is C22H29N7O5. The molecule has 12 heteroatoms. The molecule has 2 aliphatic heterocycles. The number of hydrogen-bond donors (Lipinski definition) is 2. The minimum absolute atomic E-state index is 0.114. The second-order valence-electron chi connectivity index (χ2n) is 8.14. The molecule has 3 heterocycles. The Kier molecular flexibility index (Phi) is 8.17. The first-order valence-electron chi connectivity index (χ1n) is 10.9. The van der Waals surface area contributed by atoms with Crippen LogP contribution in [0.4, 0.5) is 10.5 Å². The molecule has 0 fully saturated rings. The Balaban J connectivity index is 1.90. The van der Waals surface area contributed by atoms with Crippen LogP contribution in [0.2, 0.25) is 0 Å². The van der Waals surface area contributed by atoms with E-state index in [0.29, 0.717) is 42.8 Å². The molecule has 2 aromatic rings. The van der Waals surface area contributed by atoms with E-state index in [9.17, 15) is 19.2 Å². The van der Waals surface area contributed by atoms with Crippen molar-refractivity contribution in [3.8, 4) is 0 Å². The molecule has 4 rings (SSSR count). The van der Waals surface area contributed by atoms with E-state index in [0.717, 1.165) is 0 Å². The summed E-state index contributed by atoms with van der Waals surface area (Å²) in [7, 11) is 4.54. The molecular weight excluding hydrogens is 442 g/mol. The Morgan fingerprint density at radius 3 is 2.59 bits per heavy atom. The summed E-state index contributed by atoms with van der Waals surface area (Å²) in [4.78, 5) is 53.0. The van der Waals surface area contributed by atoms with Crippen LogP contribution in [0.1, 0.15) is 35.3 Å². The van der Waals surface area contributed by atoms with Gasteiger partial charge in [-0.15, -0.1) is 5.10 Å². The predicted octanol–water partition coefficient (Wildman–Crippen LogP) is 0.856. The van der Waals surface area contributed by atoms with Gasteiger partial charge in [-0.2, -0.15) is 0 Å². The third-order valence-electron chi connectivity index (χ3n) is 5.43. The van der Waals surface area contributed by atoms with Crippen molar-refractivity contribution in [1.29, 1.82) is 0 Å². The van der Waals surface area contributed by atoms with E-state index in [1.54, 1.807) is 49.2 Å². The van der Waals surface area contributed by atoms with E-state index in [1.807, 2.05) is 0 Å². The number of aromatic nitrogens is 3. The first-order valence-corrected chi connectivity index (χ1v) is 10.9. The number of methoxy groups -OCH3 is 1. The number of hydrogen-bond acceptors (Lipinski definition) is 7. The average Bonchev–Trinajstić information content (AvgIpc) is 3.26. The molecule has 4 amide bonds. The fourth-order valence-corrected chi connectivity index (χ4v) is 3.59. The van der Waals surface area contributed by atoms with E-state index in [4.69, 9.17) is 4.74 Å². The van der Waals surface area contributed by atoms with Crippen molar-refractivity contribution in [2.75, 3.05) is 33.1 Å². The summed E-state index contributed by atoms with van der Waals surface area (Å²) >= 11 is 0. The zero-order valence-electron chi connectivity index (χ0n) is 19.5. The number of likely N-dealkylation sites (N-methyl/N-ethyl adjacent to an activating group) is 1. The summed E-state index contributed by atoms with van der Waals surface area (Å²) in [6.07, 6.45) is 3.31. The van der Waals surface area contributed by atoms with Gasteiger partial charge in [-0.3, -0.25) is 14.4 Å². The van der Waals surface area contributed by atoms with Gasteiger partial charge >= 0.3 is 12.0 Å². The molecule has 182 valence electrons. The lowest BCUT2D eigenvalue weighted by Gasteiger charge is -2.22. The lowest BCUT2D eigenvalue weighted by Crippen LogP contribution is -2.47. The number of fused-ring (bicyclic) bond motifs is 11. The molecule has 2 bridgehead atoms. The number of nitrogens with zero attached hydrogens (tertiary/aromatic N) is 5. The predicted molar refractivity (Wildman–Crippen MR) is 122 cm³/mol. The van der Waals surface area contributed by atoms with Crippen LogP contribution in [0, 0.1) is 0 Å². The van der Waals surface area contributed by atoms with Crippen LogP contribution < -0.4 is 10.6 Å². The van der Waals surface area contributed by atoms with E-state index >= 15 is 0 Å². The normalized spacial score (nSPS) is 17.3. The van der Waals surface area contributed by atoms with Crippen LogP contribution in [-0.2, 0) is 27.4 Å². The number of anilines is 1. The average molecular weight is 472 g/mol. The maximum absolute atomic E-state index is 13.2. The molecule has 0 aliphatic carbocycles. The maximum atomic E-state index is 13.2. The molecule has 0 saturated carbocycles. The first kappa shape index (κ1) is 24.7. The standard InChI is InChI=1S/C22H29N7O5/c1-27(2)21(32)18-6-4-5-11-29-17(12-23-26-29)13-28(14-19(30)34-3)20(31)15-7-9-16(10-8-15)24-22(33)25-18/h7-10,12,18H,4-6,11,13-14H2,1-3H3,(H2,24,25,33)/t18-/m0/s1. The molecule has 34 heavy (non-hydrogen) atoms. The van der Waals surface area contributed by atoms with Crippen LogP contribution in [-0.4, -0.2) is 82.4 Å². The Morgan fingerprint density at radius 1 is 1.18 bits per heavy atom. The number of aryl methyl sites for hydroxylation is 1. The molecule has 1 atom stereocenters. The van der Waals surface area contributed by atoms with Crippen LogP contribution in [0.5, 0.6) is 0 Å². The van der Waals surface area contributed by atoms with Gasteiger partial charge in [0.25, 0.3) is 5.91 Å². The van der Waals surface area contributed by atoms with Crippen LogP contribution in [0.15, 0.2) is 30.5 Å². The van der Waals surface area contributed by atoms with Gasteiger partial charge in [0.15, 0.2) is 0 Å². The highest BCUT2D eigenvalue weighted by molar-refractivity contribution is 5.97. The van der Waals surface area contributed by atoms with Crippen molar-refractivity contribution in [3.63, 3.8) is 0 Å². The van der Waals surface area contributed by atoms with Crippen LogP contribution in [0.3, 0.4) is 0 Å². The van der Waals surface area contributed by atoms with E-state index in [2.05, 4.69) is 20.9 Å². The Labute approximate surface area is 197 Å². The fraction of sp³-hybridized carbons (Fsp3) is 0.455. The lowest BCUT2D eigenvalue weighted by atomic mass is 10.1. The van der Waals surface area contributed by atoms with Crippen molar-refractivity contribution >= 4 is 29.5 Å². The fourth-order valence-electron chi connectivity index (χ4n) is 3.59. The Morgan fingerprint density at radius 2 is 1.91 bits per heavy atom. The second-order valence-corrected chi connectivity index (χ2v) is 8.14. The Bertz CT molecular complexity index is 1030. The molecule has 12 nitrogen and oxygen atoms in total. The first-order chi connectivity index (χ1) is 16.3. The Hall–Kier alpha value is -3.96. The van der Waals surface area contributed by atoms with Gasteiger partial charge in [-0.1, -0.05) is 5.21 Å². The molecule has 0 radical (unpaired) electrons. The third kappa shape index (κ3) is 6.30. The highest BCUT2D eigenvalue weighted by Crippen LogP contribution is 2.15.